The average molecular weight is 304 g/mol. The summed E-state index contributed by atoms with van der Waals surface area (Å²) in [5.74, 6) is 0. The molecule has 0 N–H and O–H groups in total. The number of rotatable bonds is 1. The Morgan fingerprint density at radius 3 is 2.30 bits per heavy atom. The van der Waals surface area contributed by atoms with Gasteiger partial charge in [0.2, 0.25) is 10.0 Å². The van der Waals surface area contributed by atoms with E-state index in [4.69, 9.17) is 4.74 Å². The predicted molar refractivity (Wildman–Crippen MR) is 75.9 cm³/mol. The summed E-state index contributed by atoms with van der Waals surface area (Å²) >= 11 is 0. The molecule has 0 aromatic carbocycles. The molecule has 2 rings (SSSR count). The number of carbonyl (C=O) groups is 1. The first-order valence-electron chi connectivity index (χ1n) is 6.94. The van der Waals surface area contributed by atoms with Crippen molar-refractivity contribution in [1.29, 1.82) is 0 Å². The van der Waals surface area contributed by atoms with Crippen molar-refractivity contribution in [2.45, 2.75) is 39.2 Å². The smallest absolute Gasteiger partial charge is 0.410 e. The number of ether oxygens (including phenoxy) is 1. The van der Waals surface area contributed by atoms with E-state index in [1.165, 1.54) is 10.6 Å². The minimum absolute atomic E-state index is 0.0712. The van der Waals surface area contributed by atoms with E-state index in [2.05, 4.69) is 0 Å². The molecule has 2 fully saturated rings. The first kappa shape index (κ1) is 15.6. The number of hydrogen-bond acceptors (Lipinski definition) is 4. The maximum Gasteiger partial charge on any atom is 0.410 e. The van der Waals surface area contributed by atoms with Gasteiger partial charge < -0.3 is 9.64 Å². The van der Waals surface area contributed by atoms with Gasteiger partial charge in [-0.3, -0.25) is 0 Å². The van der Waals surface area contributed by atoms with Crippen molar-refractivity contribution in [3.8, 4) is 0 Å². The van der Waals surface area contributed by atoms with E-state index in [-0.39, 0.29) is 11.5 Å². The lowest BCUT2D eigenvalue weighted by Gasteiger charge is -2.53. The molecule has 0 unspecified atom stereocenters. The summed E-state index contributed by atoms with van der Waals surface area (Å²) in [4.78, 5) is 13.6. The Bertz CT molecular complexity index is 489. The van der Waals surface area contributed by atoms with Crippen molar-refractivity contribution in [1.82, 2.24) is 9.21 Å². The molecule has 0 atom stereocenters. The van der Waals surface area contributed by atoms with Gasteiger partial charge in [0.1, 0.15) is 5.60 Å². The summed E-state index contributed by atoms with van der Waals surface area (Å²) in [6, 6.07) is 0. The molecular weight excluding hydrogens is 280 g/mol. The SMILES string of the molecule is CC(C)(C)OC(=O)N1CC2(CCCN(S(C)(=O)=O)C2)C1. The predicted octanol–water partition coefficient (Wildman–Crippen LogP) is 1.28. The van der Waals surface area contributed by atoms with E-state index in [0.29, 0.717) is 26.2 Å². The molecule has 1 spiro atoms. The molecule has 2 saturated heterocycles. The number of hydrogen-bond donors (Lipinski definition) is 0. The highest BCUT2D eigenvalue weighted by molar-refractivity contribution is 7.88. The Labute approximate surface area is 121 Å². The molecule has 0 radical (unpaired) electrons. The molecule has 0 aromatic heterocycles. The molecule has 0 aromatic rings. The summed E-state index contributed by atoms with van der Waals surface area (Å²) in [7, 11) is -3.14. The lowest BCUT2D eigenvalue weighted by atomic mass is 9.74. The summed E-state index contributed by atoms with van der Waals surface area (Å²) in [6.07, 6.45) is 2.77. The molecule has 20 heavy (non-hydrogen) atoms. The largest absolute Gasteiger partial charge is 0.444 e. The van der Waals surface area contributed by atoms with Crippen LogP contribution in [0.3, 0.4) is 0 Å². The maximum atomic E-state index is 11.9. The van der Waals surface area contributed by atoms with Crippen LogP contribution in [0.2, 0.25) is 0 Å². The van der Waals surface area contributed by atoms with Crippen molar-refractivity contribution in [2.75, 3.05) is 32.4 Å². The summed E-state index contributed by atoms with van der Waals surface area (Å²) in [5, 5.41) is 0. The molecule has 0 bridgehead atoms. The quantitative estimate of drug-likeness (QED) is 0.732. The second-order valence-corrected chi connectivity index (χ2v) is 9.02. The zero-order chi connectivity index (χ0) is 15.2. The van der Waals surface area contributed by atoms with Gasteiger partial charge in [-0.25, -0.2) is 17.5 Å². The van der Waals surface area contributed by atoms with Gasteiger partial charge in [0.05, 0.1) is 6.26 Å². The van der Waals surface area contributed by atoms with Crippen LogP contribution in [0.1, 0.15) is 33.6 Å². The molecule has 2 aliphatic rings. The standard InChI is InChI=1S/C13H24N2O4S/c1-12(2,3)19-11(16)14-8-13(9-14)6-5-7-15(10-13)20(4,17)18/h5-10H2,1-4H3. The van der Waals surface area contributed by atoms with Gasteiger partial charge in [0.25, 0.3) is 0 Å². The van der Waals surface area contributed by atoms with E-state index in [9.17, 15) is 13.2 Å². The van der Waals surface area contributed by atoms with Crippen LogP contribution in [-0.2, 0) is 14.8 Å². The van der Waals surface area contributed by atoms with Crippen molar-refractivity contribution in [3.05, 3.63) is 0 Å². The van der Waals surface area contributed by atoms with Crippen LogP contribution in [0, 0.1) is 5.41 Å². The summed E-state index contributed by atoms with van der Waals surface area (Å²) in [5.41, 5.74) is -0.566. The maximum absolute atomic E-state index is 11.9. The van der Waals surface area contributed by atoms with E-state index >= 15 is 0 Å². The second kappa shape index (κ2) is 4.87. The summed E-state index contributed by atoms with van der Waals surface area (Å²) in [6.45, 7) is 7.81. The minimum Gasteiger partial charge on any atom is -0.444 e. The fraction of sp³-hybridized carbons (Fsp3) is 0.923. The van der Waals surface area contributed by atoms with Gasteiger partial charge in [-0.1, -0.05) is 0 Å². The van der Waals surface area contributed by atoms with Crippen LogP contribution >= 0.6 is 0 Å². The topological polar surface area (TPSA) is 66.9 Å². The third kappa shape index (κ3) is 3.44. The number of piperidine rings is 1. The number of amides is 1. The van der Waals surface area contributed by atoms with Gasteiger partial charge >= 0.3 is 6.09 Å². The number of sulfonamides is 1. The van der Waals surface area contributed by atoms with Crippen molar-refractivity contribution in [3.63, 3.8) is 0 Å². The normalized spacial score (nSPS) is 23.5. The fourth-order valence-electron chi connectivity index (χ4n) is 2.92. The van der Waals surface area contributed by atoms with Crippen LogP contribution < -0.4 is 0 Å². The molecule has 2 heterocycles. The van der Waals surface area contributed by atoms with Crippen molar-refractivity contribution in [2.24, 2.45) is 5.41 Å². The first-order valence-corrected chi connectivity index (χ1v) is 8.79. The zero-order valence-electron chi connectivity index (χ0n) is 12.7. The Balaban J connectivity index is 1.93. The molecule has 1 amide bonds. The van der Waals surface area contributed by atoms with E-state index in [1.807, 2.05) is 20.8 Å². The average Bonchev–Trinajstić information content (AvgIpc) is 2.22. The van der Waals surface area contributed by atoms with Crippen LogP contribution in [0.25, 0.3) is 0 Å². The van der Waals surface area contributed by atoms with Gasteiger partial charge in [-0.05, 0) is 33.6 Å². The van der Waals surface area contributed by atoms with Crippen LogP contribution in [0.15, 0.2) is 0 Å². The Hall–Kier alpha value is -0.820. The molecule has 2 aliphatic heterocycles. The van der Waals surface area contributed by atoms with Gasteiger partial charge in [0.15, 0.2) is 0 Å². The molecule has 6 nitrogen and oxygen atoms in total. The highest BCUT2D eigenvalue weighted by Gasteiger charge is 2.49. The molecule has 0 saturated carbocycles. The Morgan fingerprint density at radius 2 is 1.80 bits per heavy atom. The number of likely N-dealkylation sites (tertiary alicyclic amines) is 1. The van der Waals surface area contributed by atoms with E-state index in [0.717, 1.165) is 12.8 Å². The molecule has 116 valence electrons. The lowest BCUT2D eigenvalue weighted by Crippen LogP contribution is -2.65. The third-order valence-electron chi connectivity index (χ3n) is 3.80. The van der Waals surface area contributed by atoms with Gasteiger partial charge in [0, 0.05) is 31.6 Å². The Morgan fingerprint density at radius 1 is 1.20 bits per heavy atom. The number of carbonyl (C=O) groups excluding carboxylic acids is 1. The monoisotopic (exact) mass is 304 g/mol. The van der Waals surface area contributed by atoms with E-state index < -0.39 is 15.6 Å². The van der Waals surface area contributed by atoms with Crippen LogP contribution in [0.4, 0.5) is 4.79 Å². The zero-order valence-corrected chi connectivity index (χ0v) is 13.5. The fourth-order valence-corrected chi connectivity index (χ4v) is 3.89. The molecule has 0 aliphatic carbocycles. The number of nitrogens with zero attached hydrogens (tertiary/aromatic N) is 2. The highest BCUT2D eigenvalue weighted by atomic mass is 32.2. The van der Waals surface area contributed by atoms with E-state index in [1.54, 1.807) is 4.90 Å². The van der Waals surface area contributed by atoms with Crippen LogP contribution in [-0.4, -0.2) is 61.8 Å². The lowest BCUT2D eigenvalue weighted by molar-refractivity contribution is -0.0528. The minimum atomic E-state index is -3.14. The first-order chi connectivity index (χ1) is 9.01. The van der Waals surface area contributed by atoms with Crippen molar-refractivity contribution >= 4 is 16.1 Å². The van der Waals surface area contributed by atoms with Gasteiger partial charge in [-0.2, -0.15) is 0 Å². The van der Waals surface area contributed by atoms with Crippen molar-refractivity contribution < 1.29 is 17.9 Å². The highest BCUT2D eigenvalue weighted by Crippen LogP contribution is 2.40. The molecular formula is C13H24N2O4S. The second-order valence-electron chi connectivity index (χ2n) is 7.04. The van der Waals surface area contributed by atoms with Crippen LogP contribution in [0.5, 0.6) is 0 Å². The van der Waals surface area contributed by atoms with Gasteiger partial charge in [-0.15, -0.1) is 0 Å². The Kier molecular flexibility index (Phi) is 3.79. The third-order valence-corrected chi connectivity index (χ3v) is 5.05. The summed E-state index contributed by atoms with van der Waals surface area (Å²) < 4.78 is 30.1. The molecule has 7 heteroatoms.